The predicted octanol–water partition coefficient (Wildman–Crippen LogP) is -0.428. The average Bonchev–Trinajstić information content (AvgIpc) is 2.78. The number of likely N-dealkylation sites (tertiary alicyclic amines) is 1. The molecule has 3 amide bonds. The number of amides is 3. The van der Waals surface area contributed by atoms with E-state index in [9.17, 15) is 14.4 Å². The summed E-state index contributed by atoms with van der Waals surface area (Å²) < 4.78 is 0. The van der Waals surface area contributed by atoms with Crippen molar-refractivity contribution >= 4 is 17.7 Å². The van der Waals surface area contributed by atoms with Crippen LogP contribution in [0.25, 0.3) is 0 Å². The van der Waals surface area contributed by atoms with E-state index in [1.807, 2.05) is 18.7 Å². The number of hydrogen-bond acceptors (Lipinski definition) is 4. The summed E-state index contributed by atoms with van der Waals surface area (Å²) >= 11 is 0. The molecule has 2 N–H and O–H groups in total. The van der Waals surface area contributed by atoms with Gasteiger partial charge in [0, 0.05) is 32.1 Å². The summed E-state index contributed by atoms with van der Waals surface area (Å²) in [6.07, 6.45) is 2.35. The molecule has 7 nitrogen and oxygen atoms in total. The third-order valence-electron chi connectivity index (χ3n) is 3.38. The van der Waals surface area contributed by atoms with E-state index in [0.717, 1.165) is 19.4 Å². The standard InChI is InChI=1S/C15H28N4O3/c1-12(2)17-14(21)11-18(3)10-13(20)16-7-5-9-19-8-4-6-15(19)22/h12H,4-11H2,1-3H3,(H,16,20)(H,17,21). The van der Waals surface area contributed by atoms with E-state index in [2.05, 4.69) is 10.6 Å². The van der Waals surface area contributed by atoms with Crippen molar-refractivity contribution in [3.8, 4) is 0 Å². The van der Waals surface area contributed by atoms with Crippen LogP contribution in [0.1, 0.15) is 33.1 Å². The zero-order valence-electron chi connectivity index (χ0n) is 13.9. The molecular weight excluding hydrogens is 284 g/mol. The van der Waals surface area contributed by atoms with Gasteiger partial charge >= 0.3 is 0 Å². The largest absolute Gasteiger partial charge is 0.355 e. The van der Waals surface area contributed by atoms with E-state index in [-0.39, 0.29) is 36.9 Å². The zero-order chi connectivity index (χ0) is 16.5. The Morgan fingerprint density at radius 3 is 2.55 bits per heavy atom. The lowest BCUT2D eigenvalue weighted by Gasteiger charge is -2.18. The van der Waals surface area contributed by atoms with Crippen molar-refractivity contribution in [3.63, 3.8) is 0 Å². The number of carbonyl (C=O) groups excluding carboxylic acids is 3. The third-order valence-corrected chi connectivity index (χ3v) is 3.38. The molecule has 7 heteroatoms. The lowest BCUT2D eigenvalue weighted by molar-refractivity contribution is -0.127. The monoisotopic (exact) mass is 312 g/mol. The van der Waals surface area contributed by atoms with Gasteiger partial charge in [-0.2, -0.15) is 0 Å². The van der Waals surface area contributed by atoms with Crippen LogP contribution in [0, 0.1) is 0 Å². The van der Waals surface area contributed by atoms with Crippen molar-refractivity contribution in [2.24, 2.45) is 0 Å². The minimum absolute atomic E-state index is 0.0853. The highest BCUT2D eigenvalue weighted by atomic mass is 16.2. The van der Waals surface area contributed by atoms with Crippen LogP contribution < -0.4 is 10.6 Å². The maximum atomic E-state index is 11.8. The first-order valence-corrected chi connectivity index (χ1v) is 7.91. The van der Waals surface area contributed by atoms with Crippen molar-refractivity contribution in [1.29, 1.82) is 0 Å². The molecule has 1 saturated heterocycles. The Morgan fingerprint density at radius 2 is 1.95 bits per heavy atom. The number of nitrogens with one attached hydrogen (secondary N) is 2. The normalized spacial score (nSPS) is 14.8. The van der Waals surface area contributed by atoms with Gasteiger partial charge in [0.2, 0.25) is 17.7 Å². The van der Waals surface area contributed by atoms with Crippen LogP contribution in [-0.4, -0.2) is 73.3 Å². The predicted molar refractivity (Wildman–Crippen MR) is 84.2 cm³/mol. The number of hydrogen-bond donors (Lipinski definition) is 2. The number of likely N-dealkylation sites (N-methyl/N-ethyl adjacent to an activating group) is 1. The van der Waals surface area contributed by atoms with Gasteiger partial charge in [-0.15, -0.1) is 0 Å². The van der Waals surface area contributed by atoms with Gasteiger partial charge in [-0.05, 0) is 33.7 Å². The molecule has 1 aliphatic rings. The molecule has 0 aromatic rings. The van der Waals surface area contributed by atoms with E-state index >= 15 is 0 Å². The highest BCUT2D eigenvalue weighted by Crippen LogP contribution is 2.09. The molecule has 0 atom stereocenters. The van der Waals surface area contributed by atoms with Crippen LogP contribution in [-0.2, 0) is 14.4 Å². The van der Waals surface area contributed by atoms with Crippen LogP contribution in [0.3, 0.4) is 0 Å². The molecule has 1 aliphatic heterocycles. The van der Waals surface area contributed by atoms with Crippen molar-refractivity contribution in [1.82, 2.24) is 20.4 Å². The quantitative estimate of drug-likeness (QED) is 0.566. The molecule has 0 saturated carbocycles. The summed E-state index contributed by atoms with van der Waals surface area (Å²) in [6.45, 7) is 6.27. The summed E-state index contributed by atoms with van der Waals surface area (Å²) in [5, 5.41) is 5.60. The molecule has 0 unspecified atom stereocenters. The molecule has 22 heavy (non-hydrogen) atoms. The molecule has 126 valence electrons. The van der Waals surface area contributed by atoms with E-state index < -0.39 is 0 Å². The van der Waals surface area contributed by atoms with Gasteiger partial charge in [0.25, 0.3) is 0 Å². The fraction of sp³-hybridized carbons (Fsp3) is 0.800. The Morgan fingerprint density at radius 1 is 1.27 bits per heavy atom. The second-order valence-corrected chi connectivity index (χ2v) is 6.08. The smallest absolute Gasteiger partial charge is 0.234 e. The fourth-order valence-electron chi connectivity index (χ4n) is 2.41. The van der Waals surface area contributed by atoms with Gasteiger partial charge in [-0.3, -0.25) is 19.3 Å². The third kappa shape index (κ3) is 7.40. The minimum Gasteiger partial charge on any atom is -0.355 e. The summed E-state index contributed by atoms with van der Waals surface area (Å²) in [5.74, 6) is 0.0210. The summed E-state index contributed by atoms with van der Waals surface area (Å²) in [5.41, 5.74) is 0. The first-order valence-electron chi connectivity index (χ1n) is 7.91. The summed E-state index contributed by atoms with van der Waals surface area (Å²) in [6, 6.07) is 0.100. The first kappa shape index (κ1) is 18.4. The second kappa shape index (κ2) is 9.40. The topological polar surface area (TPSA) is 81.8 Å². The van der Waals surface area contributed by atoms with Gasteiger partial charge in [-0.1, -0.05) is 0 Å². The molecule has 1 fully saturated rings. The van der Waals surface area contributed by atoms with Crippen LogP contribution in [0.4, 0.5) is 0 Å². The number of carbonyl (C=O) groups is 3. The van der Waals surface area contributed by atoms with Crippen LogP contribution in [0.2, 0.25) is 0 Å². The Balaban J connectivity index is 2.09. The van der Waals surface area contributed by atoms with Gasteiger partial charge in [0.15, 0.2) is 0 Å². The Labute approximate surface area is 132 Å². The molecular formula is C15H28N4O3. The van der Waals surface area contributed by atoms with Crippen molar-refractivity contribution < 1.29 is 14.4 Å². The highest BCUT2D eigenvalue weighted by molar-refractivity contribution is 5.81. The maximum absolute atomic E-state index is 11.8. The van der Waals surface area contributed by atoms with Crippen LogP contribution in [0.5, 0.6) is 0 Å². The molecule has 0 spiro atoms. The van der Waals surface area contributed by atoms with Gasteiger partial charge in [0.05, 0.1) is 13.1 Å². The SMILES string of the molecule is CC(C)NC(=O)CN(C)CC(=O)NCCCN1CCCC1=O. The maximum Gasteiger partial charge on any atom is 0.234 e. The molecule has 0 aromatic heterocycles. The van der Waals surface area contributed by atoms with Crippen LogP contribution >= 0.6 is 0 Å². The minimum atomic E-state index is -0.104. The number of nitrogens with zero attached hydrogens (tertiary/aromatic N) is 2. The lowest BCUT2D eigenvalue weighted by atomic mass is 10.3. The highest BCUT2D eigenvalue weighted by Gasteiger charge is 2.19. The van der Waals surface area contributed by atoms with E-state index in [1.54, 1.807) is 11.9 Å². The Hall–Kier alpha value is -1.63. The fourth-order valence-corrected chi connectivity index (χ4v) is 2.41. The van der Waals surface area contributed by atoms with Gasteiger partial charge in [0.1, 0.15) is 0 Å². The number of rotatable bonds is 9. The molecule has 0 aromatic carbocycles. The Bertz CT molecular complexity index is 398. The lowest BCUT2D eigenvalue weighted by Crippen LogP contribution is -2.42. The molecule has 0 radical (unpaired) electrons. The molecule has 1 heterocycles. The van der Waals surface area contributed by atoms with Crippen molar-refractivity contribution in [2.45, 2.75) is 39.2 Å². The van der Waals surface area contributed by atoms with Crippen LogP contribution in [0.15, 0.2) is 0 Å². The molecule has 0 aliphatic carbocycles. The molecule has 0 bridgehead atoms. The summed E-state index contributed by atoms with van der Waals surface area (Å²) in [7, 11) is 1.74. The second-order valence-electron chi connectivity index (χ2n) is 6.08. The van der Waals surface area contributed by atoms with Crippen molar-refractivity contribution in [2.75, 3.05) is 39.8 Å². The molecule has 1 rings (SSSR count). The van der Waals surface area contributed by atoms with E-state index in [1.165, 1.54) is 0 Å². The average molecular weight is 312 g/mol. The zero-order valence-corrected chi connectivity index (χ0v) is 13.9. The van der Waals surface area contributed by atoms with Gasteiger partial charge in [-0.25, -0.2) is 0 Å². The van der Waals surface area contributed by atoms with E-state index in [4.69, 9.17) is 0 Å². The van der Waals surface area contributed by atoms with E-state index in [0.29, 0.717) is 19.5 Å². The van der Waals surface area contributed by atoms with Gasteiger partial charge < -0.3 is 15.5 Å². The summed E-state index contributed by atoms with van der Waals surface area (Å²) in [4.78, 5) is 38.3. The first-order chi connectivity index (χ1) is 10.4. The van der Waals surface area contributed by atoms with Crippen molar-refractivity contribution in [3.05, 3.63) is 0 Å². The Kier molecular flexibility index (Phi) is 7.87.